The summed E-state index contributed by atoms with van der Waals surface area (Å²) in [6.07, 6.45) is 3.34. The Balaban J connectivity index is 2.13. The number of hydrogen-bond donors (Lipinski definition) is 0. The molecule has 0 fully saturated rings. The van der Waals surface area contributed by atoms with Gasteiger partial charge in [0, 0.05) is 12.0 Å². The number of ether oxygens (including phenoxy) is 2. The molecule has 2 unspecified atom stereocenters. The van der Waals surface area contributed by atoms with E-state index in [4.69, 9.17) is 9.47 Å². The third-order valence-corrected chi connectivity index (χ3v) is 7.70. The van der Waals surface area contributed by atoms with Gasteiger partial charge in [-0.15, -0.1) is 0 Å². The second-order valence-corrected chi connectivity index (χ2v) is 9.55. The van der Waals surface area contributed by atoms with Crippen LogP contribution in [-0.2, 0) is 36.5 Å². The van der Waals surface area contributed by atoms with Crippen LogP contribution in [-0.4, -0.2) is 26.2 Å². The highest BCUT2D eigenvalue weighted by Crippen LogP contribution is 2.54. The maximum atomic E-state index is 13.6. The Morgan fingerprint density at radius 3 is 2.33 bits per heavy atom. The molecule has 1 aliphatic carbocycles. The molecule has 0 bridgehead atoms. The van der Waals surface area contributed by atoms with Crippen molar-refractivity contribution in [3.05, 3.63) is 65.2 Å². The summed E-state index contributed by atoms with van der Waals surface area (Å²) in [4.78, 5) is 25.7. The lowest BCUT2D eigenvalue weighted by molar-refractivity contribution is -0.170. The minimum atomic E-state index is -1.88. The van der Waals surface area contributed by atoms with Crippen molar-refractivity contribution in [2.45, 2.75) is 44.7 Å². The summed E-state index contributed by atoms with van der Waals surface area (Å²) in [7, 11) is 0.656. The van der Waals surface area contributed by atoms with Crippen LogP contribution in [0.4, 0.5) is 0 Å². The zero-order chi connectivity index (χ0) is 21.7. The Kier molecular flexibility index (Phi) is 7.04. The summed E-state index contributed by atoms with van der Waals surface area (Å²) in [6.45, 7) is 2.14. The van der Waals surface area contributed by atoms with E-state index in [1.165, 1.54) is 14.2 Å². The Morgan fingerprint density at radius 2 is 1.73 bits per heavy atom. The van der Waals surface area contributed by atoms with E-state index in [0.717, 1.165) is 36.0 Å². The lowest BCUT2D eigenvalue weighted by atomic mass is 9.70. The number of aryl methyl sites for hydroxylation is 1. The number of unbranched alkanes of at least 4 members (excludes halogenated alkanes) is 1. The van der Waals surface area contributed by atoms with Crippen LogP contribution in [0.1, 0.15) is 48.5 Å². The molecule has 3 rings (SSSR count). The van der Waals surface area contributed by atoms with E-state index in [0.29, 0.717) is 5.30 Å². The lowest BCUT2D eigenvalue weighted by Gasteiger charge is -2.34. The molecule has 0 aromatic heterocycles. The van der Waals surface area contributed by atoms with Gasteiger partial charge in [-0.3, -0.25) is 9.59 Å². The zero-order valence-electron chi connectivity index (χ0n) is 17.7. The average Bonchev–Trinajstić information content (AvgIpc) is 2.80. The predicted molar refractivity (Wildman–Crippen MR) is 116 cm³/mol. The fourth-order valence-corrected chi connectivity index (χ4v) is 6.07. The molecule has 0 heterocycles. The molecular formula is C24H28O5P+. The quantitative estimate of drug-likeness (QED) is 0.370. The maximum Gasteiger partial charge on any atom is 0.384 e. The van der Waals surface area contributed by atoms with E-state index in [9.17, 15) is 14.2 Å². The van der Waals surface area contributed by atoms with Gasteiger partial charge in [-0.05, 0) is 42.5 Å². The molecule has 0 saturated heterocycles. The van der Waals surface area contributed by atoms with Gasteiger partial charge in [0.2, 0.25) is 0 Å². The van der Waals surface area contributed by atoms with Gasteiger partial charge in [0.05, 0.1) is 14.2 Å². The van der Waals surface area contributed by atoms with E-state index in [1.54, 1.807) is 0 Å². The number of fused-ring (bicyclic) bond motifs is 1. The van der Waals surface area contributed by atoms with Crippen LogP contribution in [0.25, 0.3) is 0 Å². The molecule has 0 radical (unpaired) electrons. The molecule has 5 nitrogen and oxygen atoms in total. The fraction of sp³-hybridized carbons (Fsp3) is 0.417. The molecule has 1 aliphatic rings. The van der Waals surface area contributed by atoms with Crippen LogP contribution in [0.15, 0.2) is 48.5 Å². The van der Waals surface area contributed by atoms with Crippen molar-refractivity contribution in [3.8, 4) is 0 Å². The van der Waals surface area contributed by atoms with Crippen molar-refractivity contribution < 1.29 is 23.6 Å². The number of rotatable bonds is 7. The molecule has 2 aromatic rings. The molecule has 0 aliphatic heterocycles. The highest BCUT2D eigenvalue weighted by atomic mass is 31.1. The molecule has 158 valence electrons. The zero-order valence-corrected chi connectivity index (χ0v) is 18.6. The first kappa shape index (κ1) is 22.2. The van der Waals surface area contributed by atoms with Crippen molar-refractivity contribution in [2.75, 3.05) is 14.2 Å². The summed E-state index contributed by atoms with van der Waals surface area (Å²) in [6, 6.07) is 15.3. The van der Waals surface area contributed by atoms with Crippen molar-refractivity contribution in [1.82, 2.24) is 0 Å². The van der Waals surface area contributed by atoms with E-state index >= 15 is 0 Å². The van der Waals surface area contributed by atoms with Crippen LogP contribution in [0, 0.1) is 5.41 Å². The first-order chi connectivity index (χ1) is 14.5. The first-order valence-electron chi connectivity index (χ1n) is 10.3. The number of benzene rings is 2. The molecular weight excluding hydrogens is 399 g/mol. The number of esters is 2. The van der Waals surface area contributed by atoms with Gasteiger partial charge >= 0.3 is 19.7 Å². The summed E-state index contributed by atoms with van der Waals surface area (Å²) < 4.78 is 23.6. The summed E-state index contributed by atoms with van der Waals surface area (Å²) in [5, 5.41) is 0.698. The normalized spacial score (nSPS) is 17.6. The first-order valence-corrected chi connectivity index (χ1v) is 11.6. The summed E-state index contributed by atoms with van der Waals surface area (Å²) >= 11 is 0. The monoisotopic (exact) mass is 427 g/mol. The van der Waals surface area contributed by atoms with Crippen LogP contribution < -0.4 is 5.30 Å². The Bertz CT molecular complexity index is 922. The molecule has 0 amide bonds. The highest BCUT2D eigenvalue weighted by molar-refractivity contribution is 7.53. The molecule has 30 heavy (non-hydrogen) atoms. The number of carbonyl (C=O) groups is 2. The van der Waals surface area contributed by atoms with E-state index in [1.807, 2.05) is 42.5 Å². The van der Waals surface area contributed by atoms with Crippen LogP contribution in [0.2, 0.25) is 0 Å². The minimum Gasteiger partial charge on any atom is -0.468 e. The SMILES string of the molecule is CCCCc1ccc2c(c1)CC(C(=O)OC)(C(=O)OC)CC2[P+](=O)c1ccccc1. The van der Waals surface area contributed by atoms with Gasteiger partial charge in [-0.2, -0.15) is 0 Å². The summed E-state index contributed by atoms with van der Waals surface area (Å²) in [5.41, 5.74) is 0.975. The van der Waals surface area contributed by atoms with Gasteiger partial charge in [0.25, 0.3) is 0 Å². The second kappa shape index (κ2) is 9.53. The maximum absolute atomic E-state index is 13.6. The largest absolute Gasteiger partial charge is 0.468 e. The molecule has 6 heteroatoms. The Labute approximate surface area is 178 Å². The Morgan fingerprint density at radius 1 is 1.07 bits per heavy atom. The van der Waals surface area contributed by atoms with Gasteiger partial charge in [0.15, 0.2) is 16.4 Å². The number of methoxy groups -OCH3 is 2. The molecule has 2 atom stereocenters. The standard InChI is InChI=1S/C24H28O5P/c1-4-5-9-17-12-13-20-18(14-17)15-24(22(25)28-2,23(26)29-3)16-21(20)30(27)19-10-7-6-8-11-19/h6-8,10-14,21H,4-5,9,15-16H2,1-3H3/q+1. The van der Waals surface area contributed by atoms with Gasteiger partial charge in [-0.25, -0.2) is 0 Å². The summed E-state index contributed by atoms with van der Waals surface area (Å²) in [5.74, 6) is -1.28. The Hall–Kier alpha value is -2.52. The van der Waals surface area contributed by atoms with Crippen LogP contribution >= 0.6 is 7.80 Å². The molecule has 0 saturated carbocycles. The molecule has 2 aromatic carbocycles. The van der Waals surface area contributed by atoms with Crippen molar-refractivity contribution >= 4 is 25.0 Å². The van der Waals surface area contributed by atoms with Gasteiger partial charge in [0.1, 0.15) is 0 Å². The highest BCUT2D eigenvalue weighted by Gasteiger charge is 2.57. The average molecular weight is 427 g/mol. The van der Waals surface area contributed by atoms with Gasteiger partial charge < -0.3 is 9.47 Å². The van der Waals surface area contributed by atoms with Crippen molar-refractivity contribution in [3.63, 3.8) is 0 Å². The predicted octanol–water partition coefficient (Wildman–Crippen LogP) is 4.50. The third-order valence-electron chi connectivity index (χ3n) is 5.87. The minimum absolute atomic E-state index is 0.0950. The topological polar surface area (TPSA) is 69.7 Å². The lowest BCUT2D eigenvalue weighted by Crippen LogP contribution is -2.46. The third kappa shape index (κ3) is 4.17. The van der Waals surface area contributed by atoms with E-state index in [2.05, 4.69) is 13.0 Å². The molecule has 0 spiro atoms. The van der Waals surface area contributed by atoms with Crippen molar-refractivity contribution in [1.29, 1.82) is 0 Å². The van der Waals surface area contributed by atoms with Crippen molar-refractivity contribution in [2.24, 2.45) is 5.41 Å². The van der Waals surface area contributed by atoms with Crippen LogP contribution in [0.3, 0.4) is 0 Å². The van der Waals surface area contributed by atoms with Gasteiger partial charge in [-0.1, -0.05) is 54.3 Å². The smallest absolute Gasteiger partial charge is 0.384 e. The molecule has 0 N–H and O–H groups in total. The fourth-order valence-electron chi connectivity index (χ4n) is 4.26. The van der Waals surface area contributed by atoms with E-state index < -0.39 is 30.8 Å². The van der Waals surface area contributed by atoms with E-state index in [-0.39, 0.29) is 12.8 Å². The number of hydrogen-bond acceptors (Lipinski definition) is 5. The van der Waals surface area contributed by atoms with Crippen LogP contribution in [0.5, 0.6) is 0 Å². The number of carbonyl (C=O) groups excluding carboxylic acids is 2. The second-order valence-electron chi connectivity index (χ2n) is 7.76.